The maximum absolute atomic E-state index is 11.0. The van der Waals surface area contributed by atoms with Crippen molar-refractivity contribution in [2.24, 2.45) is 0 Å². The molecule has 0 spiro atoms. The summed E-state index contributed by atoms with van der Waals surface area (Å²) < 4.78 is 0. The van der Waals surface area contributed by atoms with E-state index in [1.807, 2.05) is 34.6 Å². The third-order valence-electron chi connectivity index (χ3n) is 3.47. The van der Waals surface area contributed by atoms with E-state index in [0.717, 1.165) is 0 Å². The molecule has 34 heavy (non-hydrogen) atoms. The van der Waals surface area contributed by atoms with Gasteiger partial charge in [-0.3, -0.25) is 19.9 Å². The van der Waals surface area contributed by atoms with Crippen molar-refractivity contribution in [3.63, 3.8) is 0 Å². The zero-order valence-corrected chi connectivity index (χ0v) is 22.9. The minimum absolute atomic E-state index is 0. The zero-order valence-electron chi connectivity index (χ0n) is 17.9. The topological polar surface area (TPSA) is 138 Å². The zero-order chi connectivity index (χ0) is 23.9. The van der Waals surface area contributed by atoms with Crippen molar-refractivity contribution in [1.29, 1.82) is 0 Å². The normalized spacial score (nSPS) is 8.59. The van der Waals surface area contributed by atoms with Crippen LogP contribution in [-0.4, -0.2) is 30.1 Å². The fourth-order valence-corrected chi connectivity index (χ4v) is 2.22. The van der Waals surface area contributed by atoms with Crippen molar-refractivity contribution in [2.75, 3.05) is 0 Å². The molecule has 0 atom stereocenters. The number of hydrogen-bond donors (Lipinski definition) is 2. The predicted octanol–water partition coefficient (Wildman–Crippen LogP) is 4.12. The number of aromatic hydroxyl groups is 2. The summed E-state index contributed by atoms with van der Waals surface area (Å²) in [4.78, 5) is 15.9. The molecular formula is C22H20Cl2N4O4Ru2-2. The molecule has 0 aromatic carbocycles. The molecule has 184 valence electrons. The van der Waals surface area contributed by atoms with Crippen LogP contribution in [-0.2, 0) is 34.6 Å². The van der Waals surface area contributed by atoms with Gasteiger partial charge in [0.1, 0.15) is 11.5 Å². The van der Waals surface area contributed by atoms with Crippen molar-refractivity contribution < 1.29 is 55.0 Å². The molecule has 0 unspecified atom stereocenters. The molecule has 8 nitrogen and oxygen atoms in total. The molecule has 0 aliphatic heterocycles. The molecule has 0 amide bonds. The number of hydrogen-bond acceptors (Lipinski definition) is 8. The fourth-order valence-electron chi connectivity index (χ4n) is 2.22. The van der Waals surface area contributed by atoms with Gasteiger partial charge in [-0.05, 0) is 24.3 Å². The third kappa shape index (κ3) is 11.7. The Balaban J connectivity index is 0. The van der Waals surface area contributed by atoms with Gasteiger partial charge in [-0.15, -0.1) is 11.5 Å². The van der Waals surface area contributed by atoms with Gasteiger partial charge in [-0.1, -0.05) is 12.1 Å². The van der Waals surface area contributed by atoms with E-state index >= 15 is 0 Å². The molecule has 0 aliphatic carbocycles. The minimum atomic E-state index is -0.145. The predicted molar refractivity (Wildman–Crippen MR) is 122 cm³/mol. The average Bonchev–Trinajstić information content (AvgIpc) is 2.82. The monoisotopic (exact) mass is 678 g/mol. The fraction of sp³-hybridized carbons (Fsp3) is 0. The molecule has 4 heterocycles. The van der Waals surface area contributed by atoms with E-state index in [4.69, 9.17) is 0 Å². The second-order valence-electron chi connectivity index (χ2n) is 5.55. The van der Waals surface area contributed by atoms with E-state index in [-0.39, 0.29) is 37.9 Å². The van der Waals surface area contributed by atoms with Gasteiger partial charge >= 0.3 is 54.0 Å². The van der Waals surface area contributed by atoms with Crippen LogP contribution in [0.1, 0.15) is 0 Å². The minimum Gasteiger partial charge on any atom is -0.872 e. The van der Waals surface area contributed by atoms with Gasteiger partial charge in [0, 0.05) is 36.9 Å². The van der Waals surface area contributed by atoms with Crippen LogP contribution in [0, 0.1) is 14.9 Å². The SMILES string of the molecule is Oc1ccnc(-c2cc(O)ccn2)c1.[CH3-].[CH3-].[Cl][Ru+].[Cl][Ru+].[O-]c1ccnc(-c2cc([O-])ccn2)c1. The van der Waals surface area contributed by atoms with E-state index in [9.17, 15) is 20.4 Å². The molecule has 0 fully saturated rings. The summed E-state index contributed by atoms with van der Waals surface area (Å²) in [5.74, 6) is -0.0403. The molecule has 0 radical (unpaired) electrons. The number of halogens is 2. The summed E-state index contributed by atoms with van der Waals surface area (Å²) >= 11 is 3.64. The van der Waals surface area contributed by atoms with E-state index in [2.05, 4.69) is 39.3 Å². The Morgan fingerprint density at radius 3 is 1.06 bits per heavy atom. The van der Waals surface area contributed by atoms with Gasteiger partial charge in [0.25, 0.3) is 0 Å². The van der Waals surface area contributed by atoms with Crippen LogP contribution in [0.25, 0.3) is 22.8 Å². The standard InChI is InChI=1S/2C10H8N2O2.2CH3.2ClH.2Ru/c2*13-7-1-3-11-9(5-7)10-6-8(14)2-4-12-10;;;;;;/h2*1-6H,(H,11,13)(H,12,14);2*1H3;2*1H;;/q;;2*-1;;;2*+2/p-4. The largest absolute Gasteiger partial charge is 0.872 e. The first-order chi connectivity index (χ1) is 15.5. The van der Waals surface area contributed by atoms with Crippen LogP contribution in [0.4, 0.5) is 0 Å². The van der Waals surface area contributed by atoms with Crippen molar-refractivity contribution in [1.82, 2.24) is 19.9 Å². The van der Waals surface area contributed by atoms with Crippen LogP contribution < -0.4 is 10.2 Å². The molecule has 2 N–H and O–H groups in total. The average molecular weight is 677 g/mol. The van der Waals surface area contributed by atoms with Crippen LogP contribution in [0.3, 0.4) is 0 Å². The Morgan fingerprint density at radius 1 is 0.529 bits per heavy atom. The summed E-state index contributed by atoms with van der Waals surface area (Å²) in [5.41, 5.74) is 1.91. The van der Waals surface area contributed by atoms with Gasteiger partial charge in [-0.2, -0.15) is 0 Å². The molecule has 0 saturated carbocycles. The van der Waals surface area contributed by atoms with E-state index in [0.29, 0.717) is 22.8 Å². The number of nitrogens with zero attached hydrogens (tertiary/aromatic N) is 4. The number of pyridine rings is 4. The van der Waals surface area contributed by atoms with E-state index < -0.39 is 0 Å². The van der Waals surface area contributed by atoms with E-state index in [1.165, 1.54) is 73.3 Å². The molecule has 0 aliphatic rings. The molecule has 4 aromatic heterocycles. The maximum Gasteiger partial charge on any atom is 0.0879 e. The van der Waals surface area contributed by atoms with Gasteiger partial charge in [-0.25, -0.2) is 0 Å². The molecule has 4 aromatic rings. The van der Waals surface area contributed by atoms with Gasteiger partial charge < -0.3 is 35.3 Å². The van der Waals surface area contributed by atoms with Crippen LogP contribution in [0.5, 0.6) is 23.0 Å². The summed E-state index contributed by atoms with van der Waals surface area (Å²) in [6.07, 6.45) is 5.76. The third-order valence-corrected chi connectivity index (χ3v) is 3.47. The Labute approximate surface area is 227 Å². The first-order valence-electron chi connectivity index (χ1n) is 8.35. The number of aromatic nitrogens is 4. The Hall–Kier alpha value is -2.37. The Kier molecular flexibility index (Phi) is 18.9. The van der Waals surface area contributed by atoms with Crippen LogP contribution >= 0.6 is 19.4 Å². The molecule has 0 saturated heterocycles. The smallest absolute Gasteiger partial charge is 0.0879 e. The summed E-state index contributed by atoms with van der Waals surface area (Å²) in [5, 5.41) is 40.4. The Bertz CT molecular complexity index is 937. The summed E-state index contributed by atoms with van der Waals surface area (Å²) in [7, 11) is 9.14. The van der Waals surface area contributed by atoms with Crippen molar-refractivity contribution in [2.45, 2.75) is 0 Å². The number of rotatable bonds is 2. The van der Waals surface area contributed by atoms with Crippen LogP contribution in [0.2, 0.25) is 0 Å². The second-order valence-corrected chi connectivity index (χ2v) is 5.55. The van der Waals surface area contributed by atoms with Crippen molar-refractivity contribution in [3.8, 4) is 45.8 Å². The van der Waals surface area contributed by atoms with Crippen molar-refractivity contribution in [3.05, 3.63) is 88.2 Å². The molecule has 12 heteroatoms. The summed E-state index contributed by atoms with van der Waals surface area (Å²) in [6.45, 7) is 0. The van der Waals surface area contributed by atoms with Crippen LogP contribution in [0.15, 0.2) is 73.3 Å². The first kappa shape index (κ1) is 33.8. The maximum atomic E-state index is 11.0. The van der Waals surface area contributed by atoms with Gasteiger partial charge in [0.05, 0.1) is 22.8 Å². The van der Waals surface area contributed by atoms with Gasteiger partial charge in [0.2, 0.25) is 0 Å². The molecule has 0 bridgehead atoms. The van der Waals surface area contributed by atoms with Gasteiger partial charge in [0.15, 0.2) is 0 Å². The second kappa shape index (κ2) is 19.0. The van der Waals surface area contributed by atoms with E-state index in [1.54, 1.807) is 0 Å². The first-order valence-corrected chi connectivity index (χ1v) is 12.8. The Morgan fingerprint density at radius 2 is 0.794 bits per heavy atom. The quantitative estimate of drug-likeness (QED) is 0.239. The molecular weight excluding hydrogens is 657 g/mol. The van der Waals surface area contributed by atoms with Crippen molar-refractivity contribution >= 4 is 19.4 Å². The molecule has 4 rings (SSSR count). The summed E-state index contributed by atoms with van der Waals surface area (Å²) in [6, 6.07) is 11.3.